The quantitative estimate of drug-likeness (QED) is 0.0983. The molecule has 0 aliphatic carbocycles. The lowest BCUT2D eigenvalue weighted by Crippen LogP contribution is -2.42. The summed E-state index contributed by atoms with van der Waals surface area (Å²) in [5.41, 5.74) is 2.62. The van der Waals surface area contributed by atoms with E-state index in [1.54, 1.807) is 12.1 Å². The van der Waals surface area contributed by atoms with Crippen LogP contribution in [0.4, 0.5) is 0 Å². The molecule has 0 fully saturated rings. The number of aromatic nitrogens is 2. The topological polar surface area (TPSA) is 237 Å². The second-order valence-corrected chi connectivity index (χ2v) is 13.2. The number of carboxylic acids is 2. The summed E-state index contributed by atoms with van der Waals surface area (Å²) in [5.74, 6) is -1.18. The van der Waals surface area contributed by atoms with E-state index in [1.165, 1.54) is 0 Å². The molecule has 2 aromatic carbocycles. The molecule has 4 aromatic rings. The molecule has 14 nitrogen and oxygen atoms in total. The predicted octanol–water partition coefficient (Wildman–Crippen LogP) is 4.05. The smallest absolute Gasteiger partial charge is 0.328 e. The first kappa shape index (κ1) is 40.8. The lowest BCUT2D eigenvalue weighted by Gasteiger charge is -2.23. The summed E-state index contributed by atoms with van der Waals surface area (Å²) in [6.07, 6.45) is -0.0623. The molecular weight excluding hydrogens is 644 g/mol. The predicted molar refractivity (Wildman–Crippen MR) is 189 cm³/mol. The summed E-state index contributed by atoms with van der Waals surface area (Å²) in [5, 5.41) is 61.5. The third kappa shape index (κ3) is 15.2. The first-order chi connectivity index (χ1) is 23.4. The van der Waals surface area contributed by atoms with Gasteiger partial charge in [-0.25, -0.2) is 9.59 Å². The van der Waals surface area contributed by atoms with Gasteiger partial charge >= 0.3 is 11.9 Å². The van der Waals surface area contributed by atoms with Crippen LogP contribution in [0.3, 0.4) is 0 Å². The van der Waals surface area contributed by atoms with E-state index in [9.17, 15) is 19.8 Å². The zero-order valence-corrected chi connectivity index (χ0v) is 29.1. The number of β-amino-alcohol motifs (C(OH)–C–C–N with tert-alkyl or cyclic N) is 2. The summed E-state index contributed by atoms with van der Waals surface area (Å²) >= 11 is 0. The number of hydrogen-bond acceptors (Lipinski definition) is 10. The van der Waals surface area contributed by atoms with E-state index >= 15 is 0 Å². The molecule has 0 bridgehead atoms. The summed E-state index contributed by atoms with van der Waals surface area (Å²) < 4.78 is 11.4. The normalized spacial score (nSPS) is 12.5. The maximum absolute atomic E-state index is 9.95. The van der Waals surface area contributed by atoms with E-state index in [-0.39, 0.29) is 24.3 Å². The van der Waals surface area contributed by atoms with Gasteiger partial charge in [0.25, 0.3) is 0 Å². The van der Waals surface area contributed by atoms with Gasteiger partial charge in [0.1, 0.15) is 60.4 Å². The average Bonchev–Trinajstić information content (AvgIpc) is 3.68. The van der Waals surface area contributed by atoms with Crippen LogP contribution in [0.2, 0.25) is 0 Å². The van der Waals surface area contributed by atoms with Gasteiger partial charge in [0, 0.05) is 47.1 Å². The van der Waals surface area contributed by atoms with Crippen molar-refractivity contribution in [2.24, 2.45) is 0 Å². The molecule has 2 atom stereocenters. The minimum atomic E-state index is -1.26. The number of H-pyrrole nitrogens is 2. The second-order valence-electron chi connectivity index (χ2n) is 13.2. The molecule has 50 heavy (non-hydrogen) atoms. The molecule has 0 saturated carbocycles. The Morgan fingerprint density at radius 3 is 1.40 bits per heavy atom. The number of nitrogens with zero attached hydrogens (tertiary/aromatic N) is 2. The van der Waals surface area contributed by atoms with Crippen molar-refractivity contribution in [3.05, 3.63) is 72.1 Å². The van der Waals surface area contributed by atoms with Crippen molar-refractivity contribution in [2.75, 3.05) is 26.3 Å². The molecule has 0 spiro atoms. The van der Waals surface area contributed by atoms with Crippen LogP contribution < -0.4 is 20.1 Å². The van der Waals surface area contributed by atoms with E-state index in [4.69, 9.17) is 30.2 Å². The van der Waals surface area contributed by atoms with Gasteiger partial charge in [-0.1, -0.05) is 12.1 Å². The van der Waals surface area contributed by atoms with Gasteiger partial charge in [0.2, 0.25) is 0 Å². The van der Waals surface area contributed by atoms with Crippen molar-refractivity contribution < 1.29 is 39.5 Å². The zero-order valence-electron chi connectivity index (χ0n) is 29.1. The Kier molecular flexibility index (Phi) is 15.5. The summed E-state index contributed by atoms with van der Waals surface area (Å²) in [7, 11) is 0. The largest absolute Gasteiger partial charge is 0.490 e. The molecular formula is C36H46N6O8. The third-order valence-corrected chi connectivity index (χ3v) is 6.46. The second kappa shape index (κ2) is 19.0. The number of aliphatic hydroxyl groups excluding tert-OH is 2. The number of carbonyl (C=O) groups is 2. The van der Waals surface area contributed by atoms with E-state index < -0.39 is 24.1 Å². The van der Waals surface area contributed by atoms with Crippen LogP contribution in [0.15, 0.2) is 60.7 Å². The molecule has 2 unspecified atom stereocenters. The van der Waals surface area contributed by atoms with Gasteiger partial charge in [-0.3, -0.25) is 0 Å². The summed E-state index contributed by atoms with van der Waals surface area (Å²) in [6.45, 7) is 13.6. The number of benzene rings is 2. The molecule has 14 heteroatoms. The zero-order chi connectivity index (χ0) is 37.5. The highest BCUT2D eigenvalue weighted by Crippen LogP contribution is 2.27. The van der Waals surface area contributed by atoms with Crippen molar-refractivity contribution in [1.29, 1.82) is 10.5 Å². The first-order valence-corrected chi connectivity index (χ1v) is 15.7. The Balaban J connectivity index is 0.000000286. The maximum Gasteiger partial charge on any atom is 0.328 e. The van der Waals surface area contributed by atoms with E-state index in [1.807, 2.05) is 77.9 Å². The highest BCUT2D eigenvalue weighted by molar-refractivity contribution is 5.90. The van der Waals surface area contributed by atoms with Crippen molar-refractivity contribution >= 4 is 33.7 Å². The molecule has 0 aliphatic rings. The highest BCUT2D eigenvalue weighted by atomic mass is 16.5. The summed E-state index contributed by atoms with van der Waals surface area (Å²) in [4.78, 5) is 25.1. The van der Waals surface area contributed by atoms with E-state index in [0.717, 1.165) is 21.8 Å². The Labute approximate surface area is 291 Å². The van der Waals surface area contributed by atoms with Crippen molar-refractivity contribution in [1.82, 2.24) is 20.6 Å². The Morgan fingerprint density at radius 1 is 0.740 bits per heavy atom. The minimum absolute atomic E-state index is 0.0384. The molecule has 8 N–H and O–H groups in total. The van der Waals surface area contributed by atoms with Crippen LogP contribution >= 0.6 is 0 Å². The number of nitriles is 2. The number of aliphatic carboxylic acids is 2. The van der Waals surface area contributed by atoms with Crippen molar-refractivity contribution in [3.63, 3.8) is 0 Å². The first-order valence-electron chi connectivity index (χ1n) is 15.7. The molecule has 0 saturated heterocycles. The van der Waals surface area contributed by atoms with Crippen LogP contribution in [0.25, 0.3) is 21.8 Å². The average molecular weight is 691 g/mol. The van der Waals surface area contributed by atoms with Gasteiger partial charge in [-0.05, 0) is 77.9 Å². The minimum Gasteiger partial charge on any atom is -0.490 e. The molecule has 0 radical (unpaired) electrons. The maximum atomic E-state index is 9.95. The van der Waals surface area contributed by atoms with Crippen molar-refractivity contribution in [2.45, 2.75) is 64.8 Å². The van der Waals surface area contributed by atoms with E-state index in [0.29, 0.717) is 48.1 Å². The molecule has 268 valence electrons. The highest BCUT2D eigenvalue weighted by Gasteiger charge is 2.15. The fraction of sp³-hybridized carbons (Fsp3) is 0.389. The fourth-order valence-electron chi connectivity index (χ4n) is 4.11. The van der Waals surface area contributed by atoms with Gasteiger partial charge < -0.3 is 50.5 Å². The fourth-order valence-corrected chi connectivity index (χ4v) is 4.11. The number of carboxylic acid groups (broad SMARTS) is 2. The number of rotatable bonds is 12. The third-order valence-electron chi connectivity index (χ3n) is 6.46. The number of aliphatic hydroxyl groups is 2. The lowest BCUT2D eigenvalue weighted by atomic mass is 10.1. The van der Waals surface area contributed by atoms with Crippen LogP contribution in [-0.4, -0.2) is 91.9 Å². The Hall–Kier alpha value is -5.38. The van der Waals surface area contributed by atoms with Crippen molar-refractivity contribution in [3.8, 4) is 23.6 Å². The monoisotopic (exact) mass is 690 g/mol. The number of aromatic amines is 2. The van der Waals surface area contributed by atoms with Gasteiger partial charge in [-0.2, -0.15) is 10.5 Å². The molecule has 4 rings (SSSR count). The van der Waals surface area contributed by atoms with Crippen LogP contribution in [0, 0.1) is 22.7 Å². The lowest BCUT2D eigenvalue weighted by molar-refractivity contribution is -0.134. The SMILES string of the molecule is CC(C)(C)NCC(O)COc1cccc2[nH]c(C#N)cc12.CC(C)(C)NCC(O)COc1cccc2[nH]c(C#N)cc12.O=C(O)C=CC(=O)O. The van der Waals surface area contributed by atoms with Crippen LogP contribution in [0.1, 0.15) is 52.9 Å². The number of ether oxygens (including phenoxy) is 2. The molecule has 0 amide bonds. The number of hydrogen-bond donors (Lipinski definition) is 8. The Bertz CT molecular complexity index is 1690. The van der Waals surface area contributed by atoms with Gasteiger partial charge in [0.05, 0.1) is 11.0 Å². The van der Waals surface area contributed by atoms with Crippen LogP contribution in [0.5, 0.6) is 11.5 Å². The molecule has 2 heterocycles. The standard InChI is InChI=1S/2C16H21N3O2.C4H4O4/c2*1-16(2,3)18-9-12(20)10-21-15-6-4-5-14-13(15)7-11(8-17)19-14;5-3(6)1-2-4(7)8/h2*4-7,12,18-20H,9-10H2,1-3H3;1-2H,(H,5,6)(H,7,8). The number of fused-ring (bicyclic) bond motifs is 2. The molecule has 2 aromatic heterocycles. The van der Waals surface area contributed by atoms with E-state index in [2.05, 4.69) is 32.7 Å². The van der Waals surface area contributed by atoms with Gasteiger partial charge in [-0.15, -0.1) is 0 Å². The van der Waals surface area contributed by atoms with Crippen LogP contribution in [-0.2, 0) is 9.59 Å². The molecule has 0 aliphatic heterocycles. The van der Waals surface area contributed by atoms with Gasteiger partial charge in [0.15, 0.2) is 0 Å². The Morgan fingerprint density at radius 2 is 1.10 bits per heavy atom. The summed E-state index contributed by atoms with van der Waals surface area (Å²) in [6, 6.07) is 18.8. The number of nitrogens with one attached hydrogen (secondary N) is 4.